The molecule has 6 aromatic rings. The number of benzene rings is 4. The SMILES string of the molecule is COc1ccc(OC)c(-n2nnc(C(=O)Nc3cc(OCCCCCCCCOc4cc(NC(=O)c5nnn(-c6cc(OC)ccc6OC)c5C)cc(C(C)(C)C)c4)cc(C(C)(C)C)c3)c2C)c1. The van der Waals surface area contributed by atoms with Gasteiger partial charge in [0, 0.05) is 35.6 Å². The molecule has 2 aromatic heterocycles. The van der Waals surface area contributed by atoms with Crippen molar-refractivity contribution in [1.29, 1.82) is 0 Å². The molecular formula is C52H66N8O8. The highest BCUT2D eigenvalue weighted by atomic mass is 16.5. The van der Waals surface area contributed by atoms with Crippen LogP contribution in [0.3, 0.4) is 0 Å². The average molecular weight is 931 g/mol. The van der Waals surface area contributed by atoms with Crippen LogP contribution in [0.1, 0.15) is 124 Å². The number of unbranched alkanes of at least 4 members (excludes halogenated alkanes) is 5. The highest BCUT2D eigenvalue weighted by molar-refractivity contribution is 6.04. The fourth-order valence-electron chi connectivity index (χ4n) is 7.51. The Hall–Kier alpha value is -7.10. The Labute approximate surface area is 399 Å². The smallest absolute Gasteiger partial charge is 0.278 e. The van der Waals surface area contributed by atoms with Crippen LogP contribution in [0.4, 0.5) is 11.4 Å². The predicted molar refractivity (Wildman–Crippen MR) is 263 cm³/mol. The number of carbonyl (C=O) groups is 2. The topological polar surface area (TPSA) is 175 Å². The van der Waals surface area contributed by atoms with Crippen LogP contribution < -0.4 is 39.1 Å². The molecule has 0 atom stereocenters. The van der Waals surface area contributed by atoms with Gasteiger partial charge in [0.05, 0.1) is 53.0 Å². The molecule has 0 radical (unpaired) electrons. The minimum Gasteiger partial charge on any atom is -0.497 e. The summed E-state index contributed by atoms with van der Waals surface area (Å²) in [4.78, 5) is 27.2. The summed E-state index contributed by atoms with van der Waals surface area (Å²) in [6, 6.07) is 22.4. The Morgan fingerprint density at radius 1 is 0.500 bits per heavy atom. The molecule has 68 heavy (non-hydrogen) atoms. The number of nitrogens with zero attached hydrogens (tertiary/aromatic N) is 6. The molecule has 0 aliphatic rings. The van der Waals surface area contributed by atoms with Crippen molar-refractivity contribution in [1.82, 2.24) is 30.0 Å². The molecule has 16 heteroatoms. The number of carbonyl (C=O) groups excluding carboxylic acids is 2. The molecule has 0 aliphatic carbocycles. The Morgan fingerprint density at radius 3 is 1.24 bits per heavy atom. The van der Waals surface area contributed by atoms with Gasteiger partial charge in [0.2, 0.25) is 0 Å². The van der Waals surface area contributed by atoms with Crippen LogP contribution in [0.25, 0.3) is 11.4 Å². The number of hydrogen-bond donors (Lipinski definition) is 2. The lowest BCUT2D eigenvalue weighted by molar-refractivity contribution is 0.101. The van der Waals surface area contributed by atoms with Gasteiger partial charge in [-0.2, -0.15) is 0 Å². The number of hydrogen-bond acceptors (Lipinski definition) is 12. The van der Waals surface area contributed by atoms with E-state index >= 15 is 0 Å². The van der Waals surface area contributed by atoms with Crippen molar-refractivity contribution in [3.05, 3.63) is 107 Å². The summed E-state index contributed by atoms with van der Waals surface area (Å²) in [7, 11) is 6.32. The molecule has 0 saturated heterocycles. The molecule has 2 amide bonds. The van der Waals surface area contributed by atoms with Gasteiger partial charge in [0.25, 0.3) is 11.8 Å². The zero-order chi connectivity index (χ0) is 49.2. The maximum atomic E-state index is 13.6. The van der Waals surface area contributed by atoms with Crippen LogP contribution in [0.15, 0.2) is 72.8 Å². The molecule has 0 spiro atoms. The van der Waals surface area contributed by atoms with Crippen LogP contribution in [0, 0.1) is 13.8 Å². The third kappa shape index (κ3) is 12.5. The standard InChI is InChI=1S/C52H66N8O8/c1-33-47(55-57-59(33)43-31-39(63-9)19-21-45(43)65-11)49(61)53-37-25-35(51(3,4)5)27-41(29-37)67-23-17-15-13-14-16-18-24-68-42-28-36(52(6,7)8)26-38(30-42)54-50(62)48-34(2)60(58-56-48)44-32-40(64-10)20-22-46(44)66-12/h19-22,25-32H,13-18,23-24H2,1-12H3,(H,53,61)(H,54,62). The molecule has 0 unspecified atom stereocenters. The highest BCUT2D eigenvalue weighted by Crippen LogP contribution is 2.34. The number of aromatic nitrogens is 6. The second-order valence-electron chi connectivity index (χ2n) is 18.7. The van der Waals surface area contributed by atoms with E-state index in [2.05, 4.69) is 72.8 Å². The van der Waals surface area contributed by atoms with Gasteiger partial charge in [0.1, 0.15) is 45.9 Å². The van der Waals surface area contributed by atoms with E-state index in [1.165, 1.54) is 0 Å². The Kier molecular flexibility index (Phi) is 16.4. The van der Waals surface area contributed by atoms with Crippen molar-refractivity contribution in [2.75, 3.05) is 52.3 Å². The second kappa shape index (κ2) is 22.1. The minimum atomic E-state index is -0.383. The van der Waals surface area contributed by atoms with Gasteiger partial charge in [-0.25, -0.2) is 9.36 Å². The van der Waals surface area contributed by atoms with E-state index in [1.54, 1.807) is 88.0 Å². The number of amides is 2. The normalized spacial score (nSPS) is 11.5. The van der Waals surface area contributed by atoms with Gasteiger partial charge in [-0.05, 0) is 97.2 Å². The molecule has 4 aromatic carbocycles. The van der Waals surface area contributed by atoms with Crippen molar-refractivity contribution in [3.63, 3.8) is 0 Å². The first-order chi connectivity index (χ1) is 32.4. The quantitative estimate of drug-likeness (QED) is 0.0655. The van der Waals surface area contributed by atoms with Gasteiger partial charge in [0.15, 0.2) is 11.4 Å². The van der Waals surface area contributed by atoms with E-state index < -0.39 is 0 Å². The molecule has 0 bridgehead atoms. The molecule has 0 aliphatic heterocycles. The number of anilines is 2. The zero-order valence-electron chi connectivity index (χ0n) is 41.5. The number of methoxy groups -OCH3 is 4. The summed E-state index contributed by atoms with van der Waals surface area (Å²) < 4.78 is 37.5. The summed E-state index contributed by atoms with van der Waals surface area (Å²) >= 11 is 0. The highest BCUT2D eigenvalue weighted by Gasteiger charge is 2.24. The molecule has 362 valence electrons. The van der Waals surface area contributed by atoms with E-state index in [-0.39, 0.29) is 34.0 Å². The van der Waals surface area contributed by atoms with Gasteiger partial charge in [-0.3, -0.25) is 9.59 Å². The van der Waals surface area contributed by atoms with Crippen LogP contribution in [-0.2, 0) is 10.8 Å². The first-order valence-electron chi connectivity index (χ1n) is 22.9. The van der Waals surface area contributed by atoms with Crippen LogP contribution in [0.5, 0.6) is 34.5 Å². The van der Waals surface area contributed by atoms with E-state index in [4.69, 9.17) is 28.4 Å². The number of ether oxygens (including phenoxy) is 6. The lowest BCUT2D eigenvalue weighted by Crippen LogP contribution is -2.16. The molecule has 0 saturated carbocycles. The van der Waals surface area contributed by atoms with Crippen molar-refractivity contribution in [3.8, 4) is 45.9 Å². The summed E-state index contributed by atoms with van der Waals surface area (Å²) in [6.45, 7) is 17.4. The Morgan fingerprint density at radius 2 is 0.882 bits per heavy atom. The summed E-state index contributed by atoms with van der Waals surface area (Å²) in [5.74, 6) is 3.00. The summed E-state index contributed by atoms with van der Waals surface area (Å²) in [6.07, 6.45) is 5.97. The lowest BCUT2D eigenvalue weighted by Gasteiger charge is -2.21. The van der Waals surface area contributed by atoms with Gasteiger partial charge in [-0.15, -0.1) is 10.2 Å². The van der Waals surface area contributed by atoms with Crippen molar-refractivity contribution in [2.45, 2.75) is 105 Å². The van der Waals surface area contributed by atoms with Gasteiger partial charge < -0.3 is 39.1 Å². The van der Waals surface area contributed by atoms with Crippen molar-refractivity contribution in [2.24, 2.45) is 0 Å². The van der Waals surface area contributed by atoms with Crippen molar-refractivity contribution < 1.29 is 38.0 Å². The number of rotatable bonds is 21. The first kappa shape index (κ1) is 50.3. The van der Waals surface area contributed by atoms with Crippen LogP contribution >= 0.6 is 0 Å². The van der Waals surface area contributed by atoms with Gasteiger partial charge >= 0.3 is 0 Å². The lowest BCUT2D eigenvalue weighted by atomic mass is 9.86. The van der Waals surface area contributed by atoms with Crippen molar-refractivity contribution >= 4 is 23.2 Å². The molecule has 2 N–H and O–H groups in total. The first-order valence-corrected chi connectivity index (χ1v) is 22.9. The number of nitrogens with one attached hydrogen (secondary N) is 2. The van der Waals surface area contributed by atoms with E-state index in [9.17, 15) is 9.59 Å². The van der Waals surface area contributed by atoms with E-state index in [0.717, 1.165) is 49.7 Å². The third-order valence-electron chi connectivity index (χ3n) is 11.6. The zero-order valence-corrected chi connectivity index (χ0v) is 41.5. The van der Waals surface area contributed by atoms with E-state index in [1.807, 2.05) is 36.4 Å². The molecular weight excluding hydrogens is 865 g/mol. The minimum absolute atomic E-state index is 0.185. The van der Waals surface area contributed by atoms with Crippen LogP contribution in [-0.4, -0.2) is 83.5 Å². The average Bonchev–Trinajstić information content (AvgIpc) is 3.90. The second-order valence-corrected chi connectivity index (χ2v) is 18.7. The Balaban J connectivity index is 0.973. The maximum absolute atomic E-state index is 13.6. The molecule has 16 nitrogen and oxygen atoms in total. The van der Waals surface area contributed by atoms with Crippen LogP contribution in [0.2, 0.25) is 0 Å². The maximum Gasteiger partial charge on any atom is 0.278 e. The third-order valence-corrected chi connectivity index (χ3v) is 11.6. The van der Waals surface area contributed by atoms with E-state index in [0.29, 0.717) is 81.8 Å². The fourth-order valence-corrected chi connectivity index (χ4v) is 7.51. The fraction of sp³-hybridized carbons (Fsp3) is 0.423. The largest absolute Gasteiger partial charge is 0.497 e. The van der Waals surface area contributed by atoms with Gasteiger partial charge in [-0.1, -0.05) is 77.7 Å². The summed E-state index contributed by atoms with van der Waals surface area (Å²) in [5, 5.41) is 23.0. The molecule has 6 rings (SSSR count). The molecule has 0 fully saturated rings. The predicted octanol–water partition coefficient (Wildman–Crippen LogP) is 10.4. The summed E-state index contributed by atoms with van der Waals surface area (Å²) in [5.41, 5.74) is 5.62. The molecule has 2 heterocycles. The monoisotopic (exact) mass is 931 g/mol. The Bertz CT molecular complexity index is 2510.